The first-order valence-electron chi connectivity index (χ1n) is 4.57. The predicted octanol–water partition coefficient (Wildman–Crippen LogP) is 0.256. The second-order valence-electron chi connectivity index (χ2n) is 3.58. The first-order chi connectivity index (χ1) is 6.24. The highest BCUT2D eigenvalue weighted by Gasteiger charge is 2.35. The molecule has 5 nitrogen and oxygen atoms in total. The van der Waals surface area contributed by atoms with E-state index in [2.05, 4.69) is 10.1 Å². The zero-order valence-electron chi connectivity index (χ0n) is 7.49. The third kappa shape index (κ3) is 1.45. The molecule has 1 aromatic heterocycles. The van der Waals surface area contributed by atoms with Gasteiger partial charge in [-0.25, -0.2) is 0 Å². The van der Waals surface area contributed by atoms with E-state index in [0.717, 1.165) is 25.7 Å². The Morgan fingerprint density at radius 1 is 1.38 bits per heavy atom. The summed E-state index contributed by atoms with van der Waals surface area (Å²) in [7, 11) is 0. The summed E-state index contributed by atoms with van der Waals surface area (Å²) in [5.74, 6) is 1.08. The Labute approximate surface area is 76.5 Å². The highest BCUT2D eigenvalue weighted by molar-refractivity contribution is 5.06. The summed E-state index contributed by atoms with van der Waals surface area (Å²) in [6.07, 6.45) is 4.17. The second-order valence-corrected chi connectivity index (χ2v) is 3.58. The molecule has 1 heterocycles. The fraction of sp³-hybridized carbons (Fsp3) is 0.750. The Bertz CT molecular complexity index is 290. The number of hydrogen-bond donors (Lipinski definition) is 2. The summed E-state index contributed by atoms with van der Waals surface area (Å²) >= 11 is 0. The van der Waals surface area contributed by atoms with E-state index in [-0.39, 0.29) is 12.1 Å². The van der Waals surface area contributed by atoms with Crippen molar-refractivity contribution >= 4 is 0 Å². The van der Waals surface area contributed by atoms with Gasteiger partial charge in [0, 0.05) is 0 Å². The zero-order chi connectivity index (χ0) is 9.31. The van der Waals surface area contributed by atoms with Crippen molar-refractivity contribution in [2.75, 3.05) is 0 Å². The fourth-order valence-corrected chi connectivity index (χ4v) is 1.77. The number of nitrogens with two attached hydrogens (primary N) is 2. The summed E-state index contributed by atoms with van der Waals surface area (Å²) in [6, 6.07) is 0. The lowest BCUT2D eigenvalue weighted by Crippen LogP contribution is -2.34. The number of rotatable bonds is 2. The van der Waals surface area contributed by atoms with Gasteiger partial charge in [0.25, 0.3) is 0 Å². The van der Waals surface area contributed by atoms with E-state index in [9.17, 15) is 0 Å². The molecule has 5 heteroatoms. The molecule has 0 spiro atoms. The van der Waals surface area contributed by atoms with Crippen LogP contribution in [0.25, 0.3) is 0 Å². The maximum absolute atomic E-state index is 6.12. The molecule has 0 saturated heterocycles. The van der Waals surface area contributed by atoms with Gasteiger partial charge in [-0.3, -0.25) is 0 Å². The summed E-state index contributed by atoms with van der Waals surface area (Å²) in [5.41, 5.74) is 11.1. The largest absolute Gasteiger partial charge is 0.338 e. The molecule has 0 aliphatic heterocycles. The topological polar surface area (TPSA) is 91.0 Å². The Morgan fingerprint density at radius 2 is 2.08 bits per heavy atom. The van der Waals surface area contributed by atoms with E-state index in [0.29, 0.717) is 11.7 Å². The molecule has 0 atom stereocenters. The highest BCUT2D eigenvalue weighted by Crippen LogP contribution is 2.34. The minimum Gasteiger partial charge on any atom is -0.338 e. The van der Waals surface area contributed by atoms with Gasteiger partial charge in [0.2, 0.25) is 5.89 Å². The molecule has 1 aromatic rings. The smallest absolute Gasteiger partial charge is 0.240 e. The van der Waals surface area contributed by atoms with Gasteiger partial charge in [0.05, 0.1) is 12.1 Å². The third-order valence-corrected chi connectivity index (χ3v) is 2.58. The molecular weight excluding hydrogens is 168 g/mol. The molecular formula is C8H14N4O. The van der Waals surface area contributed by atoms with E-state index in [1.54, 1.807) is 0 Å². The molecule has 1 saturated carbocycles. The van der Waals surface area contributed by atoms with Gasteiger partial charge in [0.1, 0.15) is 0 Å². The van der Waals surface area contributed by atoms with Crippen LogP contribution < -0.4 is 11.5 Å². The average Bonchev–Trinajstić information content (AvgIpc) is 2.72. The van der Waals surface area contributed by atoms with Crippen molar-refractivity contribution in [3.8, 4) is 0 Å². The maximum atomic E-state index is 6.12. The molecule has 1 aliphatic carbocycles. The fourth-order valence-electron chi connectivity index (χ4n) is 1.77. The van der Waals surface area contributed by atoms with Crippen LogP contribution in [-0.2, 0) is 12.1 Å². The number of hydrogen-bond acceptors (Lipinski definition) is 5. The molecule has 0 amide bonds. The lowest BCUT2D eigenvalue weighted by atomic mass is 9.99. The minimum absolute atomic E-state index is 0.281. The van der Waals surface area contributed by atoms with Crippen molar-refractivity contribution < 1.29 is 4.52 Å². The normalized spacial score (nSPS) is 20.8. The van der Waals surface area contributed by atoms with Crippen molar-refractivity contribution in [1.82, 2.24) is 10.1 Å². The molecule has 0 radical (unpaired) electrons. The Hall–Kier alpha value is -0.940. The van der Waals surface area contributed by atoms with Crippen LogP contribution in [0, 0.1) is 0 Å². The summed E-state index contributed by atoms with van der Waals surface area (Å²) in [5, 5.41) is 3.85. The van der Waals surface area contributed by atoms with Crippen LogP contribution in [0.4, 0.5) is 0 Å². The first kappa shape index (κ1) is 8.65. The van der Waals surface area contributed by atoms with Crippen molar-refractivity contribution in [1.29, 1.82) is 0 Å². The molecule has 1 aliphatic rings. The van der Waals surface area contributed by atoms with Gasteiger partial charge in [-0.1, -0.05) is 18.0 Å². The van der Waals surface area contributed by atoms with E-state index in [1.165, 1.54) is 0 Å². The zero-order valence-corrected chi connectivity index (χ0v) is 7.49. The molecule has 0 aromatic carbocycles. The van der Waals surface area contributed by atoms with E-state index < -0.39 is 0 Å². The standard InChI is InChI=1S/C8H14N4O/c9-5-6-11-7(12-13-6)8(10)3-1-2-4-8/h1-5,9-10H2. The van der Waals surface area contributed by atoms with Crippen LogP contribution in [0.15, 0.2) is 4.52 Å². The van der Waals surface area contributed by atoms with Gasteiger partial charge < -0.3 is 16.0 Å². The van der Waals surface area contributed by atoms with Gasteiger partial charge in [-0.05, 0) is 12.8 Å². The third-order valence-electron chi connectivity index (χ3n) is 2.58. The summed E-state index contributed by atoms with van der Waals surface area (Å²) in [6.45, 7) is 0.281. The van der Waals surface area contributed by atoms with E-state index >= 15 is 0 Å². The van der Waals surface area contributed by atoms with Crippen LogP contribution in [0.3, 0.4) is 0 Å². The summed E-state index contributed by atoms with van der Waals surface area (Å²) < 4.78 is 4.93. The lowest BCUT2D eigenvalue weighted by Gasteiger charge is -2.17. The van der Waals surface area contributed by atoms with Gasteiger partial charge in [-0.2, -0.15) is 4.98 Å². The van der Waals surface area contributed by atoms with Crippen molar-refractivity contribution in [3.63, 3.8) is 0 Å². The quantitative estimate of drug-likeness (QED) is 0.684. The highest BCUT2D eigenvalue weighted by atomic mass is 16.5. The Kier molecular flexibility index (Phi) is 2.05. The van der Waals surface area contributed by atoms with Crippen LogP contribution in [-0.4, -0.2) is 10.1 Å². The van der Waals surface area contributed by atoms with Gasteiger partial charge >= 0.3 is 0 Å². The minimum atomic E-state index is -0.364. The average molecular weight is 182 g/mol. The van der Waals surface area contributed by atoms with Crippen LogP contribution in [0.1, 0.15) is 37.4 Å². The molecule has 72 valence electrons. The van der Waals surface area contributed by atoms with Crippen LogP contribution >= 0.6 is 0 Å². The molecule has 1 fully saturated rings. The first-order valence-corrected chi connectivity index (χ1v) is 4.57. The SMILES string of the molecule is NCc1nc(C2(N)CCCC2)no1. The molecule has 2 rings (SSSR count). The van der Waals surface area contributed by atoms with Crippen LogP contribution in [0.5, 0.6) is 0 Å². The number of nitrogens with zero attached hydrogens (tertiary/aromatic N) is 2. The predicted molar refractivity (Wildman–Crippen MR) is 46.5 cm³/mol. The van der Waals surface area contributed by atoms with Crippen molar-refractivity contribution in [2.24, 2.45) is 11.5 Å². The second kappa shape index (κ2) is 3.08. The van der Waals surface area contributed by atoms with E-state index in [1.807, 2.05) is 0 Å². The molecule has 0 unspecified atom stereocenters. The monoisotopic (exact) mass is 182 g/mol. The van der Waals surface area contributed by atoms with Crippen LogP contribution in [0.2, 0.25) is 0 Å². The number of aromatic nitrogens is 2. The summed E-state index contributed by atoms with van der Waals surface area (Å²) in [4.78, 5) is 4.15. The lowest BCUT2D eigenvalue weighted by molar-refractivity contribution is 0.349. The van der Waals surface area contributed by atoms with Gasteiger partial charge in [0.15, 0.2) is 5.82 Å². The van der Waals surface area contributed by atoms with Crippen molar-refractivity contribution in [3.05, 3.63) is 11.7 Å². The molecule has 13 heavy (non-hydrogen) atoms. The Morgan fingerprint density at radius 3 is 2.62 bits per heavy atom. The maximum Gasteiger partial charge on any atom is 0.240 e. The molecule has 0 bridgehead atoms. The molecule has 4 N–H and O–H groups in total. The Balaban J connectivity index is 2.23. The van der Waals surface area contributed by atoms with E-state index in [4.69, 9.17) is 16.0 Å². The van der Waals surface area contributed by atoms with Gasteiger partial charge in [-0.15, -0.1) is 0 Å². The van der Waals surface area contributed by atoms with Crippen molar-refractivity contribution in [2.45, 2.75) is 37.8 Å².